The summed E-state index contributed by atoms with van der Waals surface area (Å²) in [7, 11) is 0. The second-order valence-corrected chi connectivity index (χ2v) is 5.25. The number of amides is 3. The van der Waals surface area contributed by atoms with Gasteiger partial charge in [-0.15, -0.1) is 0 Å². The molecule has 23 heavy (non-hydrogen) atoms. The minimum Gasteiger partial charge on any atom is -0.457 e. The Labute approximate surface area is 132 Å². The number of imide groups is 1. The third-order valence-electron chi connectivity index (χ3n) is 3.54. The molecule has 0 atom stereocenters. The van der Waals surface area contributed by atoms with Crippen LogP contribution in [-0.4, -0.2) is 17.7 Å². The van der Waals surface area contributed by atoms with Gasteiger partial charge in [-0.3, -0.25) is 14.9 Å². The molecule has 0 aliphatic carbocycles. The highest BCUT2D eigenvalue weighted by molar-refractivity contribution is 6.13. The number of urea groups is 1. The summed E-state index contributed by atoms with van der Waals surface area (Å²) in [5, 5.41) is 4.51. The van der Waals surface area contributed by atoms with Crippen molar-refractivity contribution in [2.24, 2.45) is 0 Å². The molecule has 2 N–H and O–H groups in total. The Hall–Kier alpha value is -3.15. The second kappa shape index (κ2) is 5.57. The van der Waals surface area contributed by atoms with Crippen LogP contribution in [0, 0.1) is 6.92 Å². The maximum absolute atomic E-state index is 11.5. The topological polar surface area (TPSA) is 88.4 Å². The highest BCUT2D eigenvalue weighted by Crippen LogP contribution is 2.27. The lowest BCUT2D eigenvalue weighted by atomic mass is 10.0. The Bertz CT molecular complexity index is 861. The van der Waals surface area contributed by atoms with Crippen LogP contribution in [0.5, 0.6) is 0 Å². The molecule has 0 saturated carbocycles. The largest absolute Gasteiger partial charge is 0.457 e. The van der Waals surface area contributed by atoms with Gasteiger partial charge in [0.25, 0.3) is 5.91 Å². The number of hydrogen-bond donors (Lipinski definition) is 2. The van der Waals surface area contributed by atoms with Crippen LogP contribution < -0.4 is 10.6 Å². The smallest absolute Gasteiger partial charge is 0.326 e. The number of ketones is 1. The fraction of sp³-hybridized carbons (Fsp3) is 0.118. The molecule has 2 heterocycles. The maximum atomic E-state index is 11.5. The molecule has 1 aliphatic heterocycles. The van der Waals surface area contributed by atoms with E-state index in [1.54, 1.807) is 24.3 Å². The predicted molar refractivity (Wildman–Crippen MR) is 83.5 cm³/mol. The van der Waals surface area contributed by atoms with E-state index < -0.39 is 11.9 Å². The van der Waals surface area contributed by atoms with Crippen molar-refractivity contribution in [1.29, 1.82) is 0 Å². The van der Waals surface area contributed by atoms with Gasteiger partial charge in [0.2, 0.25) is 0 Å². The predicted octanol–water partition coefficient (Wildman–Crippen LogP) is 2.64. The summed E-state index contributed by atoms with van der Waals surface area (Å²) in [5.41, 5.74) is 2.51. The van der Waals surface area contributed by atoms with Crippen LogP contribution in [0.1, 0.15) is 28.6 Å². The number of benzene rings is 1. The Morgan fingerprint density at radius 3 is 2.57 bits per heavy atom. The van der Waals surface area contributed by atoms with Crippen molar-refractivity contribution >= 4 is 23.8 Å². The number of hydrogen-bond acceptors (Lipinski definition) is 4. The Morgan fingerprint density at radius 2 is 1.91 bits per heavy atom. The minimum absolute atomic E-state index is 0.0227. The summed E-state index contributed by atoms with van der Waals surface area (Å²) in [6, 6.07) is 8.30. The lowest BCUT2D eigenvalue weighted by molar-refractivity contribution is -0.115. The van der Waals surface area contributed by atoms with Gasteiger partial charge in [0.05, 0.1) is 0 Å². The van der Waals surface area contributed by atoms with Crippen molar-refractivity contribution < 1.29 is 18.8 Å². The number of rotatable bonds is 3. The SMILES string of the molecule is CC(=O)c1ccc(C)c(-c2ccc(/C=C3/NC(=O)NC3=O)o2)c1. The van der Waals surface area contributed by atoms with Crippen molar-refractivity contribution in [3.8, 4) is 11.3 Å². The van der Waals surface area contributed by atoms with Crippen LogP contribution >= 0.6 is 0 Å². The second-order valence-electron chi connectivity index (χ2n) is 5.25. The molecule has 6 nitrogen and oxygen atoms in total. The van der Waals surface area contributed by atoms with Crippen molar-refractivity contribution in [3.63, 3.8) is 0 Å². The molecule has 116 valence electrons. The number of nitrogens with one attached hydrogen (secondary N) is 2. The number of carbonyl (C=O) groups is 3. The van der Waals surface area contributed by atoms with E-state index in [2.05, 4.69) is 10.6 Å². The fourth-order valence-corrected chi connectivity index (χ4v) is 2.31. The maximum Gasteiger partial charge on any atom is 0.326 e. The summed E-state index contributed by atoms with van der Waals surface area (Å²) in [5.74, 6) is 0.496. The summed E-state index contributed by atoms with van der Waals surface area (Å²) in [6.07, 6.45) is 1.45. The van der Waals surface area contributed by atoms with Crippen LogP contribution in [0.3, 0.4) is 0 Å². The van der Waals surface area contributed by atoms with Crippen molar-refractivity contribution in [3.05, 3.63) is 52.9 Å². The van der Waals surface area contributed by atoms with E-state index in [1.165, 1.54) is 13.0 Å². The zero-order chi connectivity index (χ0) is 16.6. The first-order valence-corrected chi connectivity index (χ1v) is 7.00. The van der Waals surface area contributed by atoms with Gasteiger partial charge < -0.3 is 9.73 Å². The molecule has 0 radical (unpaired) electrons. The van der Waals surface area contributed by atoms with Crippen LogP contribution in [0.4, 0.5) is 4.79 Å². The van der Waals surface area contributed by atoms with Crippen LogP contribution in [-0.2, 0) is 4.79 Å². The van der Waals surface area contributed by atoms with Crippen LogP contribution in [0.15, 0.2) is 40.4 Å². The highest BCUT2D eigenvalue weighted by atomic mass is 16.3. The van der Waals surface area contributed by atoms with Gasteiger partial charge in [0.1, 0.15) is 17.2 Å². The first kappa shape index (κ1) is 14.8. The van der Waals surface area contributed by atoms with Crippen LogP contribution in [0.2, 0.25) is 0 Å². The summed E-state index contributed by atoms with van der Waals surface area (Å²) in [6.45, 7) is 3.43. The standard InChI is InChI=1S/C17H14N2O4/c1-9-3-4-11(10(2)20)7-13(9)15-6-5-12(23-15)8-14-16(21)19-17(22)18-14/h3-8H,1-2H3,(H2,18,19,21,22)/b14-8+. The van der Waals surface area contributed by atoms with Crippen molar-refractivity contribution in [2.45, 2.75) is 13.8 Å². The van der Waals surface area contributed by atoms with Crippen molar-refractivity contribution in [2.75, 3.05) is 0 Å². The molecule has 2 aromatic rings. The quantitative estimate of drug-likeness (QED) is 0.518. The number of carbonyl (C=O) groups excluding carboxylic acids is 3. The third-order valence-corrected chi connectivity index (χ3v) is 3.54. The number of aryl methyl sites for hydroxylation is 1. The summed E-state index contributed by atoms with van der Waals surface area (Å²) < 4.78 is 5.71. The first-order chi connectivity index (χ1) is 10.9. The zero-order valence-corrected chi connectivity index (χ0v) is 12.6. The lowest BCUT2D eigenvalue weighted by Gasteiger charge is -2.04. The molecule has 3 rings (SSSR count). The fourth-order valence-electron chi connectivity index (χ4n) is 2.31. The average molecular weight is 310 g/mol. The van der Waals surface area contributed by atoms with E-state index >= 15 is 0 Å². The molecule has 1 saturated heterocycles. The molecule has 0 unspecified atom stereocenters. The Balaban J connectivity index is 1.95. The van der Waals surface area contributed by atoms with Crippen LogP contribution in [0.25, 0.3) is 17.4 Å². The van der Waals surface area contributed by atoms with Gasteiger partial charge in [-0.1, -0.05) is 12.1 Å². The first-order valence-electron chi connectivity index (χ1n) is 7.00. The van der Waals surface area contributed by atoms with Gasteiger partial charge in [-0.05, 0) is 37.6 Å². The Kier molecular flexibility index (Phi) is 3.57. The van der Waals surface area contributed by atoms with E-state index in [0.717, 1.165) is 11.1 Å². The third kappa shape index (κ3) is 2.91. The van der Waals surface area contributed by atoms with Gasteiger partial charge in [0.15, 0.2) is 5.78 Å². The highest BCUT2D eigenvalue weighted by Gasteiger charge is 2.23. The minimum atomic E-state index is -0.557. The summed E-state index contributed by atoms with van der Waals surface area (Å²) in [4.78, 5) is 34.1. The molecular weight excluding hydrogens is 296 g/mol. The van der Waals surface area contributed by atoms with Gasteiger partial charge in [-0.2, -0.15) is 0 Å². The molecule has 1 aliphatic rings. The normalized spacial score (nSPS) is 15.7. The Morgan fingerprint density at radius 1 is 1.13 bits per heavy atom. The molecule has 3 amide bonds. The molecule has 6 heteroatoms. The number of Topliss-reactive ketones (excluding diaryl/α,β-unsaturated/α-hetero) is 1. The van der Waals surface area contributed by atoms with Gasteiger partial charge in [-0.25, -0.2) is 4.79 Å². The zero-order valence-electron chi connectivity index (χ0n) is 12.6. The van der Waals surface area contributed by atoms with E-state index in [1.807, 2.05) is 13.0 Å². The molecule has 0 bridgehead atoms. The molecular formula is C17H14N2O4. The monoisotopic (exact) mass is 310 g/mol. The van der Waals surface area contributed by atoms with E-state index in [9.17, 15) is 14.4 Å². The van der Waals surface area contributed by atoms with E-state index in [0.29, 0.717) is 17.1 Å². The lowest BCUT2D eigenvalue weighted by Crippen LogP contribution is -2.22. The average Bonchev–Trinajstić information content (AvgIpc) is 3.06. The molecule has 1 aromatic carbocycles. The number of furan rings is 1. The van der Waals surface area contributed by atoms with Crippen molar-refractivity contribution in [1.82, 2.24) is 10.6 Å². The molecule has 1 aromatic heterocycles. The molecule has 1 fully saturated rings. The van der Waals surface area contributed by atoms with Gasteiger partial charge >= 0.3 is 6.03 Å². The summed E-state index contributed by atoms with van der Waals surface area (Å²) >= 11 is 0. The van der Waals surface area contributed by atoms with E-state index in [4.69, 9.17) is 4.42 Å². The molecule has 0 spiro atoms. The van der Waals surface area contributed by atoms with E-state index in [-0.39, 0.29) is 11.5 Å². The van der Waals surface area contributed by atoms with Gasteiger partial charge in [0, 0.05) is 17.2 Å².